The summed E-state index contributed by atoms with van der Waals surface area (Å²) in [6, 6.07) is 24.4. The fourth-order valence-corrected chi connectivity index (χ4v) is 4.28. The Kier molecular flexibility index (Phi) is 8.75. The first-order valence-corrected chi connectivity index (χ1v) is 11.2. The third kappa shape index (κ3) is 6.59. The van der Waals surface area contributed by atoms with Gasteiger partial charge in [0.2, 0.25) is 0 Å². The zero-order chi connectivity index (χ0) is 21.2. The van der Waals surface area contributed by atoms with Gasteiger partial charge < -0.3 is 14.6 Å². The van der Waals surface area contributed by atoms with Crippen molar-refractivity contribution in [1.82, 2.24) is 0 Å². The van der Waals surface area contributed by atoms with Crippen LogP contribution < -0.4 is 0 Å². The highest BCUT2D eigenvalue weighted by atomic mass is 32.2. The summed E-state index contributed by atoms with van der Waals surface area (Å²) in [5.74, 6) is -0.394. The molecule has 3 aromatic rings. The molecule has 0 spiro atoms. The van der Waals surface area contributed by atoms with Gasteiger partial charge in [-0.3, -0.25) is 0 Å². The number of unbranched alkanes of at least 4 members (excludes halogenated alkanes) is 1. The van der Waals surface area contributed by atoms with Crippen molar-refractivity contribution in [3.05, 3.63) is 78.4 Å². The normalized spacial score (nSPS) is 13.1. The second kappa shape index (κ2) is 11.7. The van der Waals surface area contributed by atoms with E-state index in [1.54, 1.807) is 11.8 Å². The van der Waals surface area contributed by atoms with E-state index in [1.807, 2.05) is 49.4 Å². The van der Waals surface area contributed by atoms with E-state index in [0.29, 0.717) is 6.61 Å². The number of esters is 1. The summed E-state index contributed by atoms with van der Waals surface area (Å²) in [7, 11) is 0. The van der Waals surface area contributed by atoms with Crippen molar-refractivity contribution in [2.75, 3.05) is 19.8 Å². The number of hydrogen-bond donors (Lipinski definition) is 1. The summed E-state index contributed by atoms with van der Waals surface area (Å²) >= 11 is 1.59. The van der Waals surface area contributed by atoms with Crippen molar-refractivity contribution >= 4 is 28.5 Å². The number of carbonyl (C=O) groups is 1. The van der Waals surface area contributed by atoms with Gasteiger partial charge in [0.15, 0.2) is 0 Å². The minimum atomic E-state index is -0.771. The number of fused-ring (bicyclic) bond motifs is 1. The van der Waals surface area contributed by atoms with Crippen LogP contribution in [0.2, 0.25) is 0 Å². The van der Waals surface area contributed by atoms with Crippen LogP contribution >= 0.6 is 11.8 Å². The van der Waals surface area contributed by atoms with Crippen LogP contribution in [0.5, 0.6) is 0 Å². The molecule has 0 aromatic heterocycles. The molecule has 0 aliphatic carbocycles. The lowest BCUT2D eigenvalue weighted by Gasteiger charge is -2.23. The average molecular weight is 425 g/mol. The largest absolute Gasteiger partial charge is 0.464 e. The maximum atomic E-state index is 11.7. The summed E-state index contributed by atoms with van der Waals surface area (Å²) in [6.45, 7) is 2.36. The summed E-state index contributed by atoms with van der Waals surface area (Å²) in [6.07, 6.45) is 1.04. The molecule has 2 atom stereocenters. The minimum absolute atomic E-state index is 0.0586. The number of ether oxygens (including phenoxy) is 2. The van der Waals surface area contributed by atoms with Gasteiger partial charge in [0.05, 0.1) is 24.6 Å². The van der Waals surface area contributed by atoms with E-state index in [9.17, 15) is 9.90 Å². The molecule has 0 saturated carbocycles. The van der Waals surface area contributed by atoms with Gasteiger partial charge in [-0.25, -0.2) is 4.79 Å². The lowest BCUT2D eigenvalue weighted by Crippen LogP contribution is -2.25. The van der Waals surface area contributed by atoms with E-state index >= 15 is 0 Å². The highest BCUT2D eigenvalue weighted by Gasteiger charge is 2.23. The van der Waals surface area contributed by atoms with Crippen molar-refractivity contribution in [2.24, 2.45) is 0 Å². The van der Waals surface area contributed by atoms with Crippen LogP contribution in [0.25, 0.3) is 10.8 Å². The predicted molar refractivity (Wildman–Crippen MR) is 122 cm³/mol. The molecule has 0 amide bonds. The number of hydrogen-bond acceptors (Lipinski definition) is 5. The van der Waals surface area contributed by atoms with Crippen molar-refractivity contribution in [1.29, 1.82) is 0 Å². The van der Waals surface area contributed by atoms with E-state index in [-0.39, 0.29) is 18.5 Å². The molecule has 0 bridgehead atoms. The molecular formula is C25H28O4S. The van der Waals surface area contributed by atoms with Gasteiger partial charge >= 0.3 is 5.97 Å². The first kappa shape index (κ1) is 22.3. The number of benzene rings is 3. The number of rotatable bonds is 11. The molecule has 0 heterocycles. The molecule has 3 aromatic carbocycles. The van der Waals surface area contributed by atoms with E-state index in [4.69, 9.17) is 9.47 Å². The monoisotopic (exact) mass is 424 g/mol. The molecule has 5 heteroatoms. The van der Waals surface area contributed by atoms with Crippen LogP contribution in [0.3, 0.4) is 0 Å². The molecule has 1 N–H and O–H groups in total. The quantitative estimate of drug-likeness (QED) is 0.254. The van der Waals surface area contributed by atoms with Gasteiger partial charge in [0.25, 0.3) is 0 Å². The Balaban J connectivity index is 1.65. The van der Waals surface area contributed by atoms with Gasteiger partial charge in [0.1, 0.15) is 6.61 Å². The third-order valence-corrected chi connectivity index (χ3v) is 6.10. The predicted octanol–water partition coefficient (Wildman–Crippen LogP) is 5.39. The van der Waals surface area contributed by atoms with Crippen molar-refractivity contribution in [3.8, 4) is 0 Å². The van der Waals surface area contributed by atoms with Crippen LogP contribution in [-0.4, -0.2) is 37.0 Å². The molecule has 0 saturated heterocycles. The molecule has 158 valence electrons. The molecule has 3 rings (SSSR count). The molecular weight excluding hydrogens is 396 g/mol. The summed E-state index contributed by atoms with van der Waals surface area (Å²) in [4.78, 5) is 12.8. The van der Waals surface area contributed by atoms with E-state index in [2.05, 4.69) is 30.3 Å². The van der Waals surface area contributed by atoms with Gasteiger partial charge in [-0.05, 0) is 34.9 Å². The van der Waals surface area contributed by atoms with Crippen LogP contribution in [0.4, 0.5) is 0 Å². The SMILES string of the molecule is CCCCOC(=O)COCC(O)C(Sc1ccc2ccccc2c1)c1ccccc1. The topological polar surface area (TPSA) is 55.8 Å². The Labute approximate surface area is 182 Å². The Morgan fingerprint density at radius 3 is 2.50 bits per heavy atom. The van der Waals surface area contributed by atoms with Gasteiger partial charge in [0, 0.05) is 4.90 Å². The maximum Gasteiger partial charge on any atom is 0.332 e. The highest BCUT2D eigenvalue weighted by Crippen LogP contribution is 2.39. The number of aliphatic hydroxyl groups is 1. The fraction of sp³-hybridized carbons (Fsp3) is 0.320. The molecule has 4 nitrogen and oxygen atoms in total. The average Bonchev–Trinajstić information content (AvgIpc) is 2.78. The molecule has 0 fully saturated rings. The van der Waals surface area contributed by atoms with Crippen molar-refractivity contribution in [2.45, 2.75) is 36.0 Å². The van der Waals surface area contributed by atoms with Gasteiger partial charge in [-0.1, -0.05) is 74.0 Å². The summed E-state index contributed by atoms with van der Waals surface area (Å²) in [5, 5.41) is 13.0. The first-order valence-electron chi connectivity index (χ1n) is 10.3. The molecule has 0 radical (unpaired) electrons. The van der Waals surface area contributed by atoms with E-state index < -0.39 is 12.1 Å². The fourth-order valence-electron chi connectivity index (χ4n) is 3.12. The number of carbonyl (C=O) groups excluding carboxylic acids is 1. The van der Waals surface area contributed by atoms with Crippen LogP contribution in [0.1, 0.15) is 30.6 Å². The second-order valence-electron chi connectivity index (χ2n) is 7.11. The Morgan fingerprint density at radius 1 is 1.00 bits per heavy atom. The standard InChI is InChI=1S/C25H28O4S/c1-2-3-15-29-24(27)18-28-17-23(26)25(20-10-5-4-6-11-20)30-22-14-13-19-9-7-8-12-21(19)16-22/h4-14,16,23,25-26H,2-3,15,17-18H2,1H3. The highest BCUT2D eigenvalue weighted by molar-refractivity contribution is 7.99. The smallest absolute Gasteiger partial charge is 0.332 e. The van der Waals surface area contributed by atoms with Crippen molar-refractivity contribution in [3.63, 3.8) is 0 Å². The molecule has 30 heavy (non-hydrogen) atoms. The zero-order valence-electron chi connectivity index (χ0n) is 17.2. The van der Waals surface area contributed by atoms with Gasteiger partial charge in [-0.15, -0.1) is 11.8 Å². The Bertz CT molecular complexity index is 929. The number of thioether (sulfide) groups is 1. The molecule has 0 aliphatic rings. The maximum absolute atomic E-state index is 11.7. The second-order valence-corrected chi connectivity index (χ2v) is 8.33. The lowest BCUT2D eigenvalue weighted by atomic mass is 10.1. The zero-order valence-corrected chi connectivity index (χ0v) is 18.0. The summed E-state index contributed by atoms with van der Waals surface area (Å²) in [5.41, 5.74) is 1.01. The van der Waals surface area contributed by atoms with E-state index in [1.165, 1.54) is 5.39 Å². The molecule has 0 aliphatic heterocycles. The summed E-state index contributed by atoms with van der Waals surface area (Å²) < 4.78 is 10.6. The van der Waals surface area contributed by atoms with E-state index in [0.717, 1.165) is 28.7 Å². The lowest BCUT2D eigenvalue weighted by molar-refractivity contribution is -0.150. The third-order valence-electron chi connectivity index (χ3n) is 4.73. The van der Waals surface area contributed by atoms with Crippen LogP contribution in [0, 0.1) is 0 Å². The van der Waals surface area contributed by atoms with Crippen LogP contribution in [0.15, 0.2) is 77.7 Å². The first-order chi connectivity index (χ1) is 14.7. The molecule has 2 unspecified atom stereocenters. The van der Waals surface area contributed by atoms with Gasteiger partial charge in [-0.2, -0.15) is 0 Å². The Morgan fingerprint density at radius 2 is 1.73 bits per heavy atom. The van der Waals surface area contributed by atoms with Crippen molar-refractivity contribution < 1.29 is 19.4 Å². The number of aliphatic hydroxyl groups excluding tert-OH is 1. The minimum Gasteiger partial charge on any atom is -0.464 e. The Hall–Kier alpha value is -2.34. The van der Waals surface area contributed by atoms with Crippen LogP contribution in [-0.2, 0) is 14.3 Å².